The number of nitrogens with zero attached hydrogens (tertiary/aromatic N) is 1. The van der Waals surface area contributed by atoms with E-state index in [-0.39, 0.29) is 17.6 Å². The van der Waals surface area contributed by atoms with Crippen molar-refractivity contribution in [3.8, 4) is 0 Å². The summed E-state index contributed by atoms with van der Waals surface area (Å²) in [6.45, 7) is 6.94. The highest BCUT2D eigenvalue weighted by Crippen LogP contribution is 2.16. The highest BCUT2D eigenvalue weighted by Gasteiger charge is 2.22. The van der Waals surface area contributed by atoms with Crippen LogP contribution in [-0.4, -0.2) is 50.3 Å². The molecule has 0 aliphatic carbocycles. The van der Waals surface area contributed by atoms with E-state index in [1.807, 2.05) is 24.3 Å². The standard InChI is InChI=1S/C22H26N4O3/c1-16(27)18-3-9-21(10-4-18)26-13-11-25(12-14-26)15-22(29)24-20-7-5-19(6-8-20)23-17(2)28/h3-10H,11-15H2,1-2H3,(H,23,28)(H,24,29)/p+1. The van der Waals surface area contributed by atoms with Crippen molar-refractivity contribution in [1.82, 2.24) is 0 Å². The molecule has 2 aromatic carbocycles. The monoisotopic (exact) mass is 395 g/mol. The molecular weight excluding hydrogens is 368 g/mol. The van der Waals surface area contributed by atoms with E-state index in [0.717, 1.165) is 37.4 Å². The third kappa shape index (κ3) is 5.89. The number of carbonyl (C=O) groups is 3. The van der Waals surface area contributed by atoms with Gasteiger partial charge in [0.2, 0.25) is 5.91 Å². The molecule has 0 radical (unpaired) electrons. The average molecular weight is 395 g/mol. The fourth-order valence-electron chi connectivity index (χ4n) is 3.44. The first kappa shape index (κ1) is 20.5. The zero-order valence-electron chi connectivity index (χ0n) is 16.8. The number of quaternary nitrogens is 1. The maximum absolute atomic E-state index is 12.3. The number of piperazine rings is 1. The molecule has 1 fully saturated rings. The summed E-state index contributed by atoms with van der Waals surface area (Å²) in [5, 5.41) is 5.61. The summed E-state index contributed by atoms with van der Waals surface area (Å²) in [7, 11) is 0. The van der Waals surface area contributed by atoms with Crippen LogP contribution in [0, 0.1) is 0 Å². The quantitative estimate of drug-likeness (QED) is 0.642. The van der Waals surface area contributed by atoms with Gasteiger partial charge in [-0.25, -0.2) is 0 Å². The molecule has 0 bridgehead atoms. The number of nitrogens with one attached hydrogen (secondary N) is 3. The van der Waals surface area contributed by atoms with Crippen molar-refractivity contribution >= 4 is 34.7 Å². The number of hydrogen-bond acceptors (Lipinski definition) is 4. The molecule has 1 aliphatic heterocycles. The van der Waals surface area contributed by atoms with Gasteiger partial charge in [0.15, 0.2) is 12.3 Å². The molecule has 152 valence electrons. The molecule has 0 atom stereocenters. The Morgan fingerprint density at radius 2 is 1.41 bits per heavy atom. The van der Waals surface area contributed by atoms with Gasteiger partial charge in [-0.05, 0) is 55.5 Å². The second-order valence-electron chi connectivity index (χ2n) is 7.32. The predicted molar refractivity (Wildman–Crippen MR) is 114 cm³/mol. The Bertz CT molecular complexity index is 870. The molecule has 0 unspecified atom stereocenters. The van der Waals surface area contributed by atoms with E-state index in [2.05, 4.69) is 15.5 Å². The lowest BCUT2D eigenvalue weighted by atomic mass is 10.1. The van der Waals surface area contributed by atoms with Crippen molar-refractivity contribution in [3.05, 3.63) is 54.1 Å². The summed E-state index contributed by atoms with van der Waals surface area (Å²) < 4.78 is 0. The number of hydrogen-bond donors (Lipinski definition) is 3. The number of ketones is 1. The molecule has 1 aliphatic rings. The number of Topliss-reactive ketones (excluding diaryl/α,β-unsaturated/α-hetero) is 1. The van der Waals surface area contributed by atoms with Crippen molar-refractivity contribution in [2.45, 2.75) is 13.8 Å². The summed E-state index contributed by atoms with van der Waals surface area (Å²) in [6.07, 6.45) is 0. The van der Waals surface area contributed by atoms with Gasteiger partial charge in [-0.3, -0.25) is 14.4 Å². The molecule has 29 heavy (non-hydrogen) atoms. The van der Waals surface area contributed by atoms with Crippen LogP contribution in [0.1, 0.15) is 24.2 Å². The Morgan fingerprint density at radius 3 is 1.93 bits per heavy atom. The molecule has 0 saturated carbocycles. The minimum atomic E-state index is -0.126. The zero-order chi connectivity index (χ0) is 20.8. The molecular formula is C22H27N4O3+. The Morgan fingerprint density at radius 1 is 0.862 bits per heavy atom. The van der Waals surface area contributed by atoms with E-state index in [9.17, 15) is 14.4 Å². The van der Waals surface area contributed by atoms with Gasteiger partial charge in [-0.15, -0.1) is 0 Å². The average Bonchev–Trinajstić information content (AvgIpc) is 2.70. The van der Waals surface area contributed by atoms with Crippen molar-refractivity contribution in [3.63, 3.8) is 0 Å². The first-order chi connectivity index (χ1) is 13.9. The van der Waals surface area contributed by atoms with Crippen molar-refractivity contribution in [1.29, 1.82) is 0 Å². The largest absolute Gasteiger partial charge is 0.360 e. The highest BCUT2D eigenvalue weighted by atomic mass is 16.2. The lowest BCUT2D eigenvalue weighted by Gasteiger charge is -2.33. The van der Waals surface area contributed by atoms with E-state index in [0.29, 0.717) is 17.9 Å². The van der Waals surface area contributed by atoms with Crippen LogP contribution in [0.25, 0.3) is 0 Å². The van der Waals surface area contributed by atoms with Crippen molar-refractivity contribution in [2.24, 2.45) is 0 Å². The normalized spacial score (nSPS) is 14.3. The molecule has 3 rings (SSSR count). The van der Waals surface area contributed by atoms with Gasteiger partial charge < -0.3 is 20.4 Å². The molecule has 2 amide bonds. The SMILES string of the molecule is CC(=O)Nc1ccc(NC(=O)C[NH+]2CCN(c3ccc(C(C)=O)cc3)CC2)cc1. The van der Waals surface area contributed by atoms with Crippen LogP contribution in [0.5, 0.6) is 0 Å². The lowest BCUT2D eigenvalue weighted by molar-refractivity contribution is -0.892. The number of amides is 2. The zero-order valence-corrected chi connectivity index (χ0v) is 16.8. The van der Waals surface area contributed by atoms with Crippen LogP contribution in [0.4, 0.5) is 17.1 Å². The first-order valence-electron chi connectivity index (χ1n) is 9.78. The van der Waals surface area contributed by atoms with Gasteiger partial charge in [0.05, 0.1) is 26.2 Å². The Hall–Kier alpha value is -3.19. The molecule has 2 aromatic rings. The van der Waals surface area contributed by atoms with Crippen LogP contribution < -0.4 is 20.4 Å². The fourth-order valence-corrected chi connectivity index (χ4v) is 3.44. The van der Waals surface area contributed by atoms with Gasteiger partial charge >= 0.3 is 0 Å². The fraction of sp³-hybridized carbons (Fsp3) is 0.318. The Labute approximate surface area is 170 Å². The molecule has 3 N–H and O–H groups in total. The van der Waals surface area contributed by atoms with E-state index < -0.39 is 0 Å². The first-order valence-corrected chi connectivity index (χ1v) is 9.78. The smallest absolute Gasteiger partial charge is 0.279 e. The third-order valence-corrected chi connectivity index (χ3v) is 5.01. The molecule has 7 heteroatoms. The summed E-state index contributed by atoms with van der Waals surface area (Å²) >= 11 is 0. The van der Waals surface area contributed by atoms with Gasteiger partial charge in [-0.1, -0.05) is 0 Å². The van der Waals surface area contributed by atoms with Crippen molar-refractivity contribution < 1.29 is 19.3 Å². The number of rotatable bonds is 6. The molecule has 1 saturated heterocycles. The van der Waals surface area contributed by atoms with Gasteiger partial charge in [-0.2, -0.15) is 0 Å². The second kappa shape index (κ2) is 9.34. The summed E-state index contributed by atoms with van der Waals surface area (Å²) in [6, 6.07) is 14.8. The molecule has 7 nitrogen and oxygen atoms in total. The van der Waals surface area contributed by atoms with Crippen molar-refractivity contribution in [2.75, 3.05) is 48.3 Å². The highest BCUT2D eigenvalue weighted by molar-refractivity contribution is 5.94. The van der Waals surface area contributed by atoms with E-state index in [1.54, 1.807) is 31.2 Å². The lowest BCUT2D eigenvalue weighted by Crippen LogP contribution is -3.15. The maximum Gasteiger partial charge on any atom is 0.279 e. The summed E-state index contributed by atoms with van der Waals surface area (Å²) in [5.41, 5.74) is 3.25. The Kier molecular flexibility index (Phi) is 6.61. The molecule has 1 heterocycles. The minimum absolute atomic E-state index is 0.0217. The number of benzene rings is 2. The predicted octanol–water partition coefficient (Wildman–Crippen LogP) is 1.19. The van der Waals surface area contributed by atoms with E-state index in [4.69, 9.17) is 0 Å². The van der Waals surface area contributed by atoms with Gasteiger partial charge in [0, 0.05) is 29.5 Å². The summed E-state index contributed by atoms with van der Waals surface area (Å²) in [4.78, 5) is 38.3. The van der Waals surface area contributed by atoms with Crippen LogP contribution in [0.3, 0.4) is 0 Å². The molecule has 0 aromatic heterocycles. The topological polar surface area (TPSA) is 82.9 Å². The maximum atomic E-state index is 12.3. The Balaban J connectivity index is 1.45. The molecule has 0 spiro atoms. The van der Waals surface area contributed by atoms with E-state index >= 15 is 0 Å². The van der Waals surface area contributed by atoms with Gasteiger partial charge in [0.1, 0.15) is 0 Å². The minimum Gasteiger partial charge on any atom is -0.360 e. The summed E-state index contributed by atoms with van der Waals surface area (Å²) in [5.74, 6) is -0.0764. The number of anilines is 3. The van der Waals surface area contributed by atoms with Crippen LogP contribution in [0.15, 0.2) is 48.5 Å². The second-order valence-corrected chi connectivity index (χ2v) is 7.32. The van der Waals surface area contributed by atoms with Crippen LogP contribution in [0.2, 0.25) is 0 Å². The van der Waals surface area contributed by atoms with Crippen LogP contribution in [-0.2, 0) is 9.59 Å². The third-order valence-electron chi connectivity index (χ3n) is 5.01. The van der Waals surface area contributed by atoms with Crippen LogP contribution >= 0.6 is 0 Å². The number of carbonyl (C=O) groups excluding carboxylic acids is 3. The van der Waals surface area contributed by atoms with Gasteiger partial charge in [0.25, 0.3) is 5.91 Å². The van der Waals surface area contributed by atoms with E-state index in [1.165, 1.54) is 11.8 Å².